The molecule has 2 unspecified atom stereocenters. The maximum atomic E-state index is 12.9. The van der Waals surface area contributed by atoms with E-state index in [2.05, 4.69) is 11.8 Å². The van der Waals surface area contributed by atoms with Crippen LogP contribution in [0.2, 0.25) is 0 Å². The molecule has 1 aliphatic rings. The van der Waals surface area contributed by atoms with E-state index in [1.54, 1.807) is 22.5 Å². The second kappa shape index (κ2) is 6.14. The van der Waals surface area contributed by atoms with E-state index in [9.17, 15) is 8.42 Å². The number of benzene rings is 1. The third-order valence-electron chi connectivity index (χ3n) is 3.90. The first-order valence-corrected chi connectivity index (χ1v) is 8.60. The molecule has 0 aromatic heterocycles. The lowest BCUT2D eigenvalue weighted by molar-refractivity contribution is 0.106. The van der Waals surface area contributed by atoms with Crippen molar-refractivity contribution in [2.45, 2.75) is 37.8 Å². The van der Waals surface area contributed by atoms with Crippen LogP contribution in [0.3, 0.4) is 0 Å². The highest BCUT2D eigenvalue weighted by Crippen LogP contribution is 2.25. The van der Waals surface area contributed by atoms with Gasteiger partial charge in [0.05, 0.1) is 16.5 Å². The third-order valence-corrected chi connectivity index (χ3v) is 6.02. The van der Waals surface area contributed by atoms with Crippen LogP contribution in [0.25, 0.3) is 0 Å². The van der Waals surface area contributed by atoms with Gasteiger partial charge in [-0.3, -0.25) is 0 Å². The van der Waals surface area contributed by atoms with Crippen LogP contribution in [0.15, 0.2) is 29.2 Å². The fraction of sp³-hybridized carbons (Fsp3) is 0.533. The predicted octanol–water partition coefficient (Wildman–Crippen LogP) is 1.66. The van der Waals surface area contributed by atoms with Crippen LogP contribution in [0.5, 0.6) is 0 Å². The Balaban J connectivity index is 2.37. The molecule has 1 saturated heterocycles. The SMILES string of the molecule is CCN1CC(C)N(S(=O)(=O)c2cccc(C#N)c2)C(C)C1. The predicted molar refractivity (Wildman–Crippen MR) is 81.2 cm³/mol. The van der Waals surface area contributed by atoms with E-state index in [4.69, 9.17) is 5.26 Å². The van der Waals surface area contributed by atoms with Crippen molar-refractivity contribution in [3.05, 3.63) is 29.8 Å². The fourth-order valence-corrected chi connectivity index (χ4v) is 4.85. The zero-order chi connectivity index (χ0) is 15.6. The minimum atomic E-state index is -3.57. The molecule has 1 aromatic carbocycles. The molecular weight excluding hydrogens is 286 g/mol. The molecule has 5 nitrogen and oxygen atoms in total. The van der Waals surface area contributed by atoms with Crippen LogP contribution in [-0.4, -0.2) is 49.3 Å². The molecule has 21 heavy (non-hydrogen) atoms. The molecule has 2 atom stereocenters. The van der Waals surface area contributed by atoms with Gasteiger partial charge in [0, 0.05) is 25.2 Å². The zero-order valence-corrected chi connectivity index (χ0v) is 13.5. The monoisotopic (exact) mass is 307 g/mol. The summed E-state index contributed by atoms with van der Waals surface area (Å²) in [4.78, 5) is 2.46. The van der Waals surface area contributed by atoms with Gasteiger partial charge in [-0.05, 0) is 38.6 Å². The van der Waals surface area contributed by atoms with E-state index in [1.165, 1.54) is 6.07 Å². The summed E-state index contributed by atoms with van der Waals surface area (Å²) in [6.07, 6.45) is 0. The minimum Gasteiger partial charge on any atom is -0.300 e. The minimum absolute atomic E-state index is 0.0792. The van der Waals surface area contributed by atoms with Crippen molar-refractivity contribution in [2.75, 3.05) is 19.6 Å². The summed E-state index contributed by atoms with van der Waals surface area (Å²) >= 11 is 0. The Morgan fingerprint density at radius 2 is 1.90 bits per heavy atom. The van der Waals surface area contributed by atoms with Gasteiger partial charge in [0.2, 0.25) is 10.0 Å². The number of nitriles is 1. The standard InChI is InChI=1S/C15H21N3O2S/c1-4-17-10-12(2)18(13(3)11-17)21(19,20)15-7-5-6-14(8-15)9-16/h5-8,12-13H,4,10-11H2,1-3H3. The molecule has 114 valence electrons. The van der Waals surface area contributed by atoms with Gasteiger partial charge in [-0.2, -0.15) is 9.57 Å². The van der Waals surface area contributed by atoms with Gasteiger partial charge in [0.25, 0.3) is 0 Å². The van der Waals surface area contributed by atoms with E-state index in [1.807, 2.05) is 19.9 Å². The van der Waals surface area contributed by atoms with Gasteiger partial charge >= 0.3 is 0 Å². The lowest BCUT2D eigenvalue weighted by atomic mass is 10.1. The molecule has 0 bridgehead atoms. The zero-order valence-electron chi connectivity index (χ0n) is 12.7. The Morgan fingerprint density at radius 1 is 1.29 bits per heavy atom. The van der Waals surface area contributed by atoms with Crippen LogP contribution in [-0.2, 0) is 10.0 Å². The summed E-state index contributed by atoms with van der Waals surface area (Å²) in [5, 5.41) is 8.94. The van der Waals surface area contributed by atoms with E-state index in [0.717, 1.165) is 19.6 Å². The summed E-state index contributed by atoms with van der Waals surface area (Å²) in [5.74, 6) is 0. The maximum Gasteiger partial charge on any atom is 0.243 e. The first-order valence-electron chi connectivity index (χ1n) is 7.16. The molecule has 0 amide bonds. The molecule has 6 heteroatoms. The first kappa shape index (κ1) is 16.0. The Labute approximate surface area is 126 Å². The molecule has 1 aromatic rings. The summed E-state index contributed by atoms with van der Waals surface area (Å²) < 4.78 is 27.3. The van der Waals surface area contributed by atoms with Crippen LogP contribution in [0.1, 0.15) is 26.3 Å². The number of rotatable bonds is 3. The van der Waals surface area contributed by atoms with Crippen LogP contribution < -0.4 is 0 Å². The van der Waals surface area contributed by atoms with Gasteiger partial charge in [-0.25, -0.2) is 8.42 Å². The van der Waals surface area contributed by atoms with Gasteiger partial charge in [-0.1, -0.05) is 13.0 Å². The second-order valence-electron chi connectivity index (χ2n) is 5.52. The normalized spacial score (nSPS) is 24.7. The summed E-state index contributed by atoms with van der Waals surface area (Å²) in [7, 11) is -3.57. The first-order chi connectivity index (χ1) is 9.90. The Hall–Kier alpha value is -1.42. The number of likely N-dealkylation sites (N-methyl/N-ethyl adjacent to an activating group) is 1. The Kier molecular flexibility index (Phi) is 4.67. The molecule has 0 radical (unpaired) electrons. The van der Waals surface area contributed by atoms with Crippen LogP contribution in [0.4, 0.5) is 0 Å². The molecule has 0 aliphatic carbocycles. The number of hydrogen-bond donors (Lipinski definition) is 0. The lowest BCUT2D eigenvalue weighted by Gasteiger charge is -2.43. The average molecular weight is 307 g/mol. The molecular formula is C15H21N3O2S. The fourth-order valence-electron chi connectivity index (χ4n) is 3.00. The number of piperazine rings is 1. The Morgan fingerprint density at radius 3 is 2.43 bits per heavy atom. The number of nitrogens with zero attached hydrogens (tertiary/aromatic N) is 3. The van der Waals surface area contributed by atoms with Crippen molar-refractivity contribution in [3.8, 4) is 6.07 Å². The smallest absolute Gasteiger partial charge is 0.243 e. The quantitative estimate of drug-likeness (QED) is 0.852. The van der Waals surface area contributed by atoms with E-state index in [-0.39, 0.29) is 17.0 Å². The molecule has 1 heterocycles. The van der Waals surface area contributed by atoms with Crippen LogP contribution in [0, 0.1) is 11.3 Å². The molecule has 1 fully saturated rings. The van der Waals surface area contributed by atoms with E-state index in [0.29, 0.717) is 5.56 Å². The second-order valence-corrected chi connectivity index (χ2v) is 7.37. The van der Waals surface area contributed by atoms with Crippen molar-refractivity contribution in [1.29, 1.82) is 5.26 Å². The van der Waals surface area contributed by atoms with Gasteiger partial charge in [-0.15, -0.1) is 0 Å². The van der Waals surface area contributed by atoms with E-state index < -0.39 is 10.0 Å². The summed E-state index contributed by atoms with van der Waals surface area (Å²) in [5.41, 5.74) is 0.364. The lowest BCUT2D eigenvalue weighted by Crippen LogP contribution is -2.58. The molecule has 2 rings (SSSR count). The van der Waals surface area contributed by atoms with Crippen molar-refractivity contribution in [1.82, 2.24) is 9.21 Å². The maximum absolute atomic E-state index is 12.9. The summed E-state index contributed by atoms with van der Waals surface area (Å²) in [6, 6.07) is 8.06. The van der Waals surface area contributed by atoms with Gasteiger partial charge in [0.1, 0.15) is 0 Å². The van der Waals surface area contributed by atoms with E-state index >= 15 is 0 Å². The number of sulfonamides is 1. The van der Waals surface area contributed by atoms with Crippen LogP contribution >= 0.6 is 0 Å². The van der Waals surface area contributed by atoms with Gasteiger partial charge in [0.15, 0.2) is 0 Å². The highest BCUT2D eigenvalue weighted by Gasteiger charge is 2.37. The third kappa shape index (κ3) is 3.10. The number of hydrogen-bond acceptors (Lipinski definition) is 4. The highest BCUT2D eigenvalue weighted by molar-refractivity contribution is 7.89. The van der Waals surface area contributed by atoms with Crippen molar-refractivity contribution in [3.63, 3.8) is 0 Å². The largest absolute Gasteiger partial charge is 0.300 e. The van der Waals surface area contributed by atoms with Gasteiger partial charge < -0.3 is 4.90 Å². The Bertz CT molecular complexity index is 639. The topological polar surface area (TPSA) is 64.4 Å². The molecule has 0 spiro atoms. The van der Waals surface area contributed by atoms with Crippen molar-refractivity contribution < 1.29 is 8.42 Å². The molecule has 0 N–H and O–H groups in total. The molecule has 1 aliphatic heterocycles. The van der Waals surface area contributed by atoms with Crippen molar-refractivity contribution in [2.24, 2.45) is 0 Å². The molecule has 0 saturated carbocycles. The summed E-state index contributed by atoms with van der Waals surface area (Å²) in [6.45, 7) is 8.34. The highest BCUT2D eigenvalue weighted by atomic mass is 32.2. The average Bonchev–Trinajstić information content (AvgIpc) is 2.46. The van der Waals surface area contributed by atoms with Crippen molar-refractivity contribution >= 4 is 10.0 Å².